The van der Waals surface area contributed by atoms with Crippen LogP contribution in [0.15, 0.2) is 60.8 Å². The molecule has 2 aromatic carbocycles. The number of pyridine rings is 1. The number of aromatic nitrogens is 1. The lowest BCUT2D eigenvalue weighted by atomic mass is 10.1. The summed E-state index contributed by atoms with van der Waals surface area (Å²) < 4.78 is 19.5. The minimum Gasteiger partial charge on any atom is -0.497 e. The van der Waals surface area contributed by atoms with E-state index < -0.39 is 11.7 Å². The van der Waals surface area contributed by atoms with Gasteiger partial charge in [0.1, 0.15) is 11.6 Å². The van der Waals surface area contributed by atoms with E-state index in [-0.39, 0.29) is 5.56 Å². The van der Waals surface area contributed by atoms with E-state index >= 15 is 0 Å². The Morgan fingerprint density at radius 3 is 2.72 bits per heavy atom. The summed E-state index contributed by atoms with van der Waals surface area (Å²) in [6, 6.07) is 14.5. The molecule has 4 nitrogen and oxygen atoms in total. The fourth-order valence-corrected chi connectivity index (χ4v) is 2.57. The molecule has 1 amide bonds. The van der Waals surface area contributed by atoms with Crippen molar-refractivity contribution in [2.45, 2.75) is 0 Å². The van der Waals surface area contributed by atoms with Crippen LogP contribution in [0.4, 0.5) is 10.1 Å². The molecule has 0 spiro atoms. The van der Waals surface area contributed by atoms with Crippen molar-refractivity contribution in [2.24, 2.45) is 0 Å². The molecule has 0 aliphatic heterocycles. The zero-order valence-electron chi connectivity index (χ0n) is 13.3. The third-order valence-electron chi connectivity index (χ3n) is 3.57. The summed E-state index contributed by atoms with van der Waals surface area (Å²) in [6.07, 6.45) is 1.57. The molecule has 126 valence electrons. The fourth-order valence-electron chi connectivity index (χ4n) is 2.34. The van der Waals surface area contributed by atoms with E-state index in [1.807, 2.05) is 0 Å². The van der Waals surface area contributed by atoms with Gasteiger partial charge in [-0.25, -0.2) is 4.39 Å². The number of carbonyl (C=O) groups is 1. The molecule has 0 saturated heterocycles. The predicted octanol–water partition coefficient (Wildman–Crippen LogP) is 4.80. The molecule has 25 heavy (non-hydrogen) atoms. The van der Waals surface area contributed by atoms with Crippen LogP contribution in [0.1, 0.15) is 10.4 Å². The van der Waals surface area contributed by atoms with Gasteiger partial charge in [0.2, 0.25) is 0 Å². The number of hydrogen-bond acceptors (Lipinski definition) is 3. The van der Waals surface area contributed by atoms with Gasteiger partial charge in [-0.1, -0.05) is 23.7 Å². The van der Waals surface area contributed by atoms with Crippen LogP contribution >= 0.6 is 11.6 Å². The zero-order valence-corrected chi connectivity index (χ0v) is 14.0. The van der Waals surface area contributed by atoms with Crippen LogP contribution in [-0.4, -0.2) is 18.0 Å². The Balaban J connectivity index is 1.85. The van der Waals surface area contributed by atoms with Gasteiger partial charge >= 0.3 is 0 Å². The third kappa shape index (κ3) is 3.78. The minimum atomic E-state index is -0.653. The van der Waals surface area contributed by atoms with Crippen molar-refractivity contribution in [3.63, 3.8) is 0 Å². The molecule has 3 rings (SSSR count). The fraction of sp³-hybridized carbons (Fsp3) is 0.0526. The zero-order chi connectivity index (χ0) is 17.8. The Kier molecular flexibility index (Phi) is 4.95. The van der Waals surface area contributed by atoms with Crippen LogP contribution in [0.3, 0.4) is 0 Å². The Labute approximate surface area is 149 Å². The van der Waals surface area contributed by atoms with Crippen molar-refractivity contribution >= 4 is 23.2 Å². The number of carbonyl (C=O) groups excluding carboxylic acids is 1. The van der Waals surface area contributed by atoms with Crippen LogP contribution in [-0.2, 0) is 0 Å². The molecule has 0 fully saturated rings. The number of rotatable bonds is 4. The topological polar surface area (TPSA) is 51.2 Å². The lowest BCUT2D eigenvalue weighted by molar-refractivity contribution is 0.102. The Morgan fingerprint density at radius 2 is 2.00 bits per heavy atom. The maximum absolute atomic E-state index is 14.4. The lowest BCUT2D eigenvalue weighted by Gasteiger charge is -2.09. The predicted molar refractivity (Wildman–Crippen MR) is 95.6 cm³/mol. The first-order valence-corrected chi connectivity index (χ1v) is 7.82. The second kappa shape index (κ2) is 7.32. The average molecular weight is 357 g/mol. The van der Waals surface area contributed by atoms with Crippen LogP contribution < -0.4 is 10.1 Å². The SMILES string of the molecule is COc1cccc(NC(=O)c2ccc(-c3ncccc3Cl)cc2F)c1. The molecule has 1 N–H and O–H groups in total. The summed E-state index contributed by atoms with van der Waals surface area (Å²) in [4.78, 5) is 16.5. The summed E-state index contributed by atoms with van der Waals surface area (Å²) in [7, 11) is 1.53. The maximum Gasteiger partial charge on any atom is 0.258 e. The van der Waals surface area contributed by atoms with Gasteiger partial charge in [0.05, 0.1) is 23.4 Å². The Bertz CT molecular complexity index is 931. The molecule has 0 bridgehead atoms. The Hall–Kier alpha value is -2.92. The van der Waals surface area contributed by atoms with E-state index in [0.717, 1.165) is 0 Å². The smallest absolute Gasteiger partial charge is 0.258 e. The van der Waals surface area contributed by atoms with Gasteiger partial charge in [-0.3, -0.25) is 9.78 Å². The van der Waals surface area contributed by atoms with Gasteiger partial charge in [-0.15, -0.1) is 0 Å². The number of amides is 1. The number of methoxy groups -OCH3 is 1. The highest BCUT2D eigenvalue weighted by Crippen LogP contribution is 2.27. The molecule has 3 aromatic rings. The van der Waals surface area contributed by atoms with E-state index in [1.165, 1.54) is 19.2 Å². The van der Waals surface area contributed by atoms with Crippen molar-refractivity contribution in [3.05, 3.63) is 77.2 Å². The first-order valence-electron chi connectivity index (χ1n) is 7.44. The van der Waals surface area contributed by atoms with E-state index in [4.69, 9.17) is 16.3 Å². The van der Waals surface area contributed by atoms with Gasteiger partial charge in [-0.2, -0.15) is 0 Å². The number of ether oxygens (including phenoxy) is 1. The molecular formula is C19H14ClFN2O2. The van der Waals surface area contributed by atoms with Gasteiger partial charge in [-0.05, 0) is 36.4 Å². The highest BCUT2D eigenvalue weighted by Gasteiger charge is 2.14. The van der Waals surface area contributed by atoms with E-state index in [9.17, 15) is 9.18 Å². The summed E-state index contributed by atoms with van der Waals surface area (Å²) in [5.41, 5.74) is 1.41. The summed E-state index contributed by atoms with van der Waals surface area (Å²) in [5, 5.41) is 3.06. The van der Waals surface area contributed by atoms with E-state index in [2.05, 4.69) is 10.3 Å². The number of nitrogens with zero attached hydrogens (tertiary/aromatic N) is 1. The van der Waals surface area contributed by atoms with Crippen molar-refractivity contribution < 1.29 is 13.9 Å². The van der Waals surface area contributed by atoms with Crippen molar-refractivity contribution in [2.75, 3.05) is 12.4 Å². The lowest BCUT2D eigenvalue weighted by Crippen LogP contribution is -2.13. The number of halogens is 2. The number of nitrogens with one attached hydrogen (secondary N) is 1. The molecule has 0 unspecified atom stereocenters. The van der Waals surface area contributed by atoms with E-state index in [0.29, 0.717) is 27.7 Å². The maximum atomic E-state index is 14.4. The van der Waals surface area contributed by atoms with Gasteiger partial charge in [0.25, 0.3) is 5.91 Å². The van der Waals surface area contributed by atoms with Crippen LogP contribution in [0.5, 0.6) is 5.75 Å². The first-order chi connectivity index (χ1) is 12.1. The van der Waals surface area contributed by atoms with Crippen LogP contribution in [0, 0.1) is 5.82 Å². The molecule has 0 aliphatic rings. The normalized spacial score (nSPS) is 10.4. The molecule has 1 aromatic heterocycles. The monoisotopic (exact) mass is 356 g/mol. The summed E-state index contributed by atoms with van der Waals surface area (Å²) >= 11 is 6.07. The van der Waals surface area contributed by atoms with Gasteiger partial charge in [0.15, 0.2) is 0 Å². The highest BCUT2D eigenvalue weighted by atomic mass is 35.5. The van der Waals surface area contributed by atoms with Gasteiger partial charge < -0.3 is 10.1 Å². The average Bonchev–Trinajstić information content (AvgIpc) is 2.62. The van der Waals surface area contributed by atoms with Crippen molar-refractivity contribution in [1.82, 2.24) is 4.98 Å². The second-order valence-corrected chi connectivity index (χ2v) is 5.62. The standard InChI is InChI=1S/C19H14ClFN2O2/c1-25-14-5-2-4-13(11-14)23-19(24)15-8-7-12(10-17(15)21)18-16(20)6-3-9-22-18/h2-11H,1H3,(H,23,24). The third-order valence-corrected chi connectivity index (χ3v) is 3.88. The van der Waals surface area contributed by atoms with Crippen LogP contribution in [0.2, 0.25) is 5.02 Å². The minimum absolute atomic E-state index is 0.0707. The number of hydrogen-bond donors (Lipinski definition) is 1. The first kappa shape index (κ1) is 16.9. The van der Waals surface area contributed by atoms with Gasteiger partial charge in [0, 0.05) is 23.5 Å². The molecule has 1 heterocycles. The van der Waals surface area contributed by atoms with E-state index in [1.54, 1.807) is 48.7 Å². The Morgan fingerprint density at radius 1 is 1.16 bits per heavy atom. The summed E-state index contributed by atoms with van der Waals surface area (Å²) in [6.45, 7) is 0. The highest BCUT2D eigenvalue weighted by molar-refractivity contribution is 6.33. The molecule has 0 atom stereocenters. The van der Waals surface area contributed by atoms with Crippen molar-refractivity contribution in [1.29, 1.82) is 0 Å². The van der Waals surface area contributed by atoms with Crippen molar-refractivity contribution in [3.8, 4) is 17.0 Å². The molecule has 6 heteroatoms. The number of benzene rings is 2. The quantitative estimate of drug-likeness (QED) is 0.730. The molecule has 0 radical (unpaired) electrons. The van der Waals surface area contributed by atoms with Crippen LogP contribution in [0.25, 0.3) is 11.3 Å². The largest absolute Gasteiger partial charge is 0.497 e. The molecule has 0 saturated carbocycles. The second-order valence-electron chi connectivity index (χ2n) is 5.21. The molecular weight excluding hydrogens is 343 g/mol. The molecule has 0 aliphatic carbocycles. The summed E-state index contributed by atoms with van der Waals surface area (Å²) in [5.74, 6) is -0.609. The number of anilines is 1.